The molecule has 0 aliphatic carbocycles. The SMILES string of the molecule is CCNC(c1ccc2c(c1)CCO2)c1nccn1CC. The van der Waals surface area contributed by atoms with Gasteiger partial charge in [0, 0.05) is 25.4 Å². The molecule has 1 N–H and O–H groups in total. The summed E-state index contributed by atoms with van der Waals surface area (Å²) < 4.78 is 7.78. The molecule has 4 nitrogen and oxygen atoms in total. The maximum atomic E-state index is 5.59. The van der Waals surface area contributed by atoms with Crippen molar-refractivity contribution in [1.29, 1.82) is 0 Å². The highest BCUT2D eigenvalue weighted by Gasteiger charge is 2.20. The number of hydrogen-bond donors (Lipinski definition) is 1. The minimum Gasteiger partial charge on any atom is -0.493 e. The zero-order valence-electron chi connectivity index (χ0n) is 12.1. The van der Waals surface area contributed by atoms with Crippen molar-refractivity contribution in [1.82, 2.24) is 14.9 Å². The van der Waals surface area contributed by atoms with Gasteiger partial charge >= 0.3 is 0 Å². The summed E-state index contributed by atoms with van der Waals surface area (Å²) in [6, 6.07) is 6.62. The van der Waals surface area contributed by atoms with Crippen LogP contribution in [0.1, 0.15) is 36.8 Å². The van der Waals surface area contributed by atoms with Gasteiger partial charge in [-0.25, -0.2) is 4.98 Å². The molecular weight excluding hydrogens is 250 g/mol. The van der Waals surface area contributed by atoms with Gasteiger partial charge in [-0.2, -0.15) is 0 Å². The molecule has 0 amide bonds. The Labute approximate surface area is 119 Å². The summed E-state index contributed by atoms with van der Waals surface area (Å²) in [7, 11) is 0. The van der Waals surface area contributed by atoms with Crippen LogP contribution in [0.2, 0.25) is 0 Å². The topological polar surface area (TPSA) is 39.1 Å². The molecule has 3 rings (SSSR count). The molecule has 0 saturated carbocycles. The highest BCUT2D eigenvalue weighted by Crippen LogP contribution is 2.30. The zero-order chi connectivity index (χ0) is 13.9. The van der Waals surface area contributed by atoms with Gasteiger partial charge in [0.05, 0.1) is 12.6 Å². The van der Waals surface area contributed by atoms with Crippen molar-refractivity contribution in [3.8, 4) is 5.75 Å². The van der Waals surface area contributed by atoms with Crippen molar-refractivity contribution < 1.29 is 4.74 Å². The highest BCUT2D eigenvalue weighted by atomic mass is 16.5. The Morgan fingerprint density at radius 1 is 1.40 bits per heavy atom. The van der Waals surface area contributed by atoms with Gasteiger partial charge in [-0.3, -0.25) is 0 Å². The van der Waals surface area contributed by atoms with Gasteiger partial charge < -0.3 is 14.6 Å². The monoisotopic (exact) mass is 271 g/mol. The van der Waals surface area contributed by atoms with Crippen LogP contribution in [0.25, 0.3) is 0 Å². The molecule has 0 bridgehead atoms. The Hall–Kier alpha value is -1.81. The van der Waals surface area contributed by atoms with Gasteiger partial charge in [0.2, 0.25) is 0 Å². The lowest BCUT2D eigenvalue weighted by atomic mass is 10.0. The average Bonchev–Trinajstić information content (AvgIpc) is 3.12. The number of aryl methyl sites for hydroxylation is 1. The quantitative estimate of drug-likeness (QED) is 0.908. The molecule has 20 heavy (non-hydrogen) atoms. The van der Waals surface area contributed by atoms with Crippen LogP contribution >= 0.6 is 0 Å². The summed E-state index contributed by atoms with van der Waals surface area (Å²) in [6.45, 7) is 6.92. The number of hydrogen-bond acceptors (Lipinski definition) is 3. The second-order valence-electron chi connectivity index (χ2n) is 5.03. The fourth-order valence-corrected chi connectivity index (χ4v) is 2.80. The van der Waals surface area contributed by atoms with Crippen LogP contribution in [0.4, 0.5) is 0 Å². The lowest BCUT2D eigenvalue weighted by molar-refractivity contribution is 0.356. The van der Waals surface area contributed by atoms with Crippen molar-refractivity contribution >= 4 is 0 Å². The van der Waals surface area contributed by atoms with Crippen molar-refractivity contribution in [2.75, 3.05) is 13.2 Å². The zero-order valence-corrected chi connectivity index (χ0v) is 12.1. The van der Waals surface area contributed by atoms with Crippen molar-refractivity contribution in [2.24, 2.45) is 0 Å². The van der Waals surface area contributed by atoms with Crippen molar-refractivity contribution in [3.05, 3.63) is 47.5 Å². The standard InChI is InChI=1S/C16H21N3O/c1-3-17-15(16-18-8-9-19(16)4-2)13-5-6-14-12(11-13)7-10-20-14/h5-6,8-9,11,15,17H,3-4,7,10H2,1-2H3. The van der Waals surface area contributed by atoms with E-state index in [1.807, 2.05) is 12.4 Å². The van der Waals surface area contributed by atoms with Gasteiger partial charge in [0.15, 0.2) is 0 Å². The molecule has 0 spiro atoms. The average molecular weight is 271 g/mol. The van der Waals surface area contributed by atoms with Crippen LogP contribution in [-0.2, 0) is 13.0 Å². The Balaban J connectivity index is 1.98. The predicted octanol–water partition coefficient (Wildman–Crippen LogP) is 2.54. The molecule has 0 radical (unpaired) electrons. The van der Waals surface area contributed by atoms with Gasteiger partial charge in [0.25, 0.3) is 0 Å². The summed E-state index contributed by atoms with van der Waals surface area (Å²) in [5.41, 5.74) is 2.57. The van der Waals surface area contributed by atoms with Crippen LogP contribution in [0, 0.1) is 0 Å². The first-order chi connectivity index (χ1) is 9.83. The predicted molar refractivity (Wildman–Crippen MR) is 79.1 cm³/mol. The van der Waals surface area contributed by atoms with E-state index in [1.54, 1.807) is 0 Å². The minimum atomic E-state index is 0.140. The lowest BCUT2D eigenvalue weighted by Gasteiger charge is -2.19. The molecule has 0 fully saturated rings. The Morgan fingerprint density at radius 2 is 2.30 bits per heavy atom. The van der Waals surface area contributed by atoms with E-state index in [0.717, 1.165) is 37.7 Å². The molecule has 0 saturated heterocycles. The van der Waals surface area contributed by atoms with E-state index in [2.05, 4.69) is 46.9 Å². The molecule has 1 aromatic carbocycles. The Bertz CT molecular complexity index is 591. The lowest BCUT2D eigenvalue weighted by Crippen LogP contribution is -2.25. The van der Waals surface area contributed by atoms with E-state index in [4.69, 9.17) is 4.74 Å². The summed E-state index contributed by atoms with van der Waals surface area (Å²) >= 11 is 0. The highest BCUT2D eigenvalue weighted by molar-refractivity contribution is 5.42. The third-order valence-corrected chi connectivity index (χ3v) is 3.80. The van der Waals surface area contributed by atoms with Crippen LogP contribution in [0.3, 0.4) is 0 Å². The number of nitrogens with zero attached hydrogens (tertiary/aromatic N) is 2. The minimum absolute atomic E-state index is 0.140. The summed E-state index contributed by atoms with van der Waals surface area (Å²) in [5, 5.41) is 3.54. The number of fused-ring (bicyclic) bond motifs is 1. The van der Waals surface area contributed by atoms with Gasteiger partial charge in [-0.05, 0) is 36.7 Å². The second kappa shape index (κ2) is 5.67. The van der Waals surface area contributed by atoms with Crippen molar-refractivity contribution in [3.63, 3.8) is 0 Å². The molecule has 1 aliphatic heterocycles. The van der Waals surface area contributed by atoms with E-state index in [0.29, 0.717) is 0 Å². The summed E-state index contributed by atoms with van der Waals surface area (Å²) in [5.74, 6) is 2.11. The first kappa shape index (κ1) is 13.2. The van der Waals surface area contributed by atoms with E-state index in [9.17, 15) is 0 Å². The fraction of sp³-hybridized carbons (Fsp3) is 0.438. The summed E-state index contributed by atoms with van der Waals surface area (Å²) in [6.07, 6.45) is 4.92. The number of aromatic nitrogens is 2. The Morgan fingerprint density at radius 3 is 3.10 bits per heavy atom. The molecule has 2 aromatic rings. The van der Waals surface area contributed by atoms with E-state index >= 15 is 0 Å². The number of nitrogens with one attached hydrogen (secondary N) is 1. The smallest absolute Gasteiger partial charge is 0.130 e. The first-order valence-corrected chi connectivity index (χ1v) is 7.33. The normalized spacial score (nSPS) is 14.9. The molecule has 1 unspecified atom stereocenters. The largest absolute Gasteiger partial charge is 0.493 e. The van der Waals surface area contributed by atoms with Crippen LogP contribution in [0.15, 0.2) is 30.6 Å². The number of benzene rings is 1. The van der Waals surface area contributed by atoms with Gasteiger partial charge in [0.1, 0.15) is 11.6 Å². The second-order valence-corrected chi connectivity index (χ2v) is 5.03. The van der Waals surface area contributed by atoms with Crippen LogP contribution in [-0.4, -0.2) is 22.7 Å². The third-order valence-electron chi connectivity index (χ3n) is 3.80. The summed E-state index contributed by atoms with van der Waals surface area (Å²) in [4.78, 5) is 4.55. The molecule has 1 atom stereocenters. The molecular formula is C16H21N3O. The maximum absolute atomic E-state index is 5.59. The molecule has 1 aromatic heterocycles. The van der Waals surface area contributed by atoms with Crippen LogP contribution < -0.4 is 10.1 Å². The van der Waals surface area contributed by atoms with Gasteiger partial charge in [-0.15, -0.1) is 0 Å². The number of imidazole rings is 1. The third kappa shape index (κ3) is 2.31. The fourth-order valence-electron chi connectivity index (χ4n) is 2.80. The van der Waals surface area contributed by atoms with Crippen molar-refractivity contribution in [2.45, 2.75) is 32.9 Å². The molecule has 2 heterocycles. The molecule has 106 valence electrons. The van der Waals surface area contributed by atoms with Crippen LogP contribution in [0.5, 0.6) is 5.75 Å². The first-order valence-electron chi connectivity index (χ1n) is 7.33. The molecule has 4 heteroatoms. The van der Waals surface area contributed by atoms with E-state index in [-0.39, 0.29) is 6.04 Å². The maximum Gasteiger partial charge on any atom is 0.130 e. The molecule has 1 aliphatic rings. The van der Waals surface area contributed by atoms with E-state index < -0.39 is 0 Å². The van der Waals surface area contributed by atoms with Gasteiger partial charge in [-0.1, -0.05) is 13.0 Å². The Kier molecular flexibility index (Phi) is 3.74. The van der Waals surface area contributed by atoms with E-state index in [1.165, 1.54) is 11.1 Å². The number of ether oxygens (including phenoxy) is 1. The number of rotatable bonds is 5.